The third-order valence-electron chi connectivity index (χ3n) is 2.56. The van der Waals surface area contributed by atoms with E-state index in [9.17, 15) is 0 Å². The molecule has 7 heteroatoms. The summed E-state index contributed by atoms with van der Waals surface area (Å²) in [5, 5.41) is 3.25. The van der Waals surface area contributed by atoms with Crippen LogP contribution in [-0.2, 0) is 11.8 Å². The number of rotatable bonds is 3. The second kappa shape index (κ2) is 5.87. The predicted octanol–water partition coefficient (Wildman–Crippen LogP) is 4.91. The van der Waals surface area contributed by atoms with Gasteiger partial charge in [-0.3, -0.25) is 4.67 Å². The van der Waals surface area contributed by atoms with E-state index >= 15 is 0 Å². The highest BCUT2D eigenvalue weighted by atomic mass is 35.6. The summed E-state index contributed by atoms with van der Waals surface area (Å²) >= 11 is 23.7. The first-order valence-electron chi connectivity index (χ1n) is 5.28. The molecule has 18 heavy (non-hydrogen) atoms. The topological polar surface area (TPSA) is 15.3 Å². The van der Waals surface area contributed by atoms with Gasteiger partial charge in [-0.25, -0.2) is 0 Å². The van der Waals surface area contributed by atoms with Crippen LogP contribution in [-0.4, -0.2) is 22.3 Å². The SMILES string of the molecule is Cc1ccc(N[P@](=S)(N(C)C)C(Cl)(Cl)Cl)c(C)c1. The molecule has 0 saturated carbocycles. The minimum atomic E-state index is -2.53. The molecule has 0 saturated heterocycles. The molecule has 102 valence electrons. The largest absolute Gasteiger partial charge is 0.343 e. The zero-order valence-corrected chi connectivity index (χ0v) is 14.6. The second-order valence-electron chi connectivity index (χ2n) is 4.32. The number of alkyl halides is 3. The number of hydrogen-bond acceptors (Lipinski definition) is 1. The molecule has 2 nitrogen and oxygen atoms in total. The number of anilines is 1. The first-order chi connectivity index (χ1) is 8.08. The molecule has 1 N–H and O–H groups in total. The first-order valence-corrected chi connectivity index (χ1v) is 9.17. The highest BCUT2D eigenvalue weighted by molar-refractivity contribution is 8.16. The monoisotopic (exact) mass is 344 g/mol. The average molecular weight is 346 g/mol. The maximum atomic E-state index is 6.04. The number of hydrogen-bond donors (Lipinski definition) is 1. The molecule has 0 amide bonds. The van der Waals surface area contributed by atoms with E-state index in [0.717, 1.165) is 11.3 Å². The lowest BCUT2D eigenvalue weighted by molar-refractivity contribution is 0.676. The number of nitrogens with one attached hydrogen (secondary N) is 1. The van der Waals surface area contributed by atoms with Crippen molar-refractivity contribution in [2.24, 2.45) is 0 Å². The Kier molecular flexibility index (Phi) is 5.39. The number of halogens is 3. The molecular weight excluding hydrogens is 330 g/mol. The third-order valence-corrected chi connectivity index (χ3v) is 10.1. The molecule has 0 heterocycles. The fourth-order valence-electron chi connectivity index (χ4n) is 1.49. The quantitative estimate of drug-likeness (QED) is 0.618. The van der Waals surface area contributed by atoms with Crippen molar-refractivity contribution in [1.29, 1.82) is 0 Å². The third kappa shape index (κ3) is 3.53. The standard InChI is InChI=1S/C11H16Cl3N2PS/c1-8-5-6-10(9(2)7-8)15-17(18,16(3)4)11(12,13)14/h5-7H,1-4H3,(H,15,18)/t17-/m0/s1. The molecule has 1 aromatic carbocycles. The number of aryl methyl sites for hydroxylation is 2. The second-order valence-corrected chi connectivity index (χ2v) is 11.8. The normalized spacial score (nSPS) is 15.6. The highest BCUT2D eigenvalue weighted by Gasteiger charge is 2.42. The van der Waals surface area contributed by atoms with Gasteiger partial charge in [-0.05, 0) is 39.6 Å². The van der Waals surface area contributed by atoms with Gasteiger partial charge in [0.05, 0.1) is 0 Å². The smallest absolute Gasteiger partial charge is 0.248 e. The van der Waals surface area contributed by atoms with Gasteiger partial charge < -0.3 is 5.09 Å². The molecule has 0 radical (unpaired) electrons. The van der Waals surface area contributed by atoms with Gasteiger partial charge in [0, 0.05) is 5.69 Å². The fourth-order valence-corrected chi connectivity index (χ4v) is 4.89. The molecular formula is C11H16Cl3N2PS. The molecule has 1 atom stereocenters. The van der Waals surface area contributed by atoms with Gasteiger partial charge >= 0.3 is 0 Å². The van der Waals surface area contributed by atoms with E-state index in [1.807, 2.05) is 40.1 Å². The summed E-state index contributed by atoms with van der Waals surface area (Å²) < 4.78 is 0.262. The van der Waals surface area contributed by atoms with Crippen LogP contribution in [0.3, 0.4) is 0 Å². The zero-order chi connectivity index (χ0) is 14.1. The maximum absolute atomic E-state index is 6.04. The maximum Gasteiger partial charge on any atom is 0.248 e. The van der Waals surface area contributed by atoms with E-state index in [4.69, 9.17) is 46.6 Å². The Balaban J connectivity index is 3.17. The van der Waals surface area contributed by atoms with E-state index in [2.05, 4.69) is 11.2 Å². The average Bonchev–Trinajstić information content (AvgIpc) is 2.20. The van der Waals surface area contributed by atoms with Crippen molar-refractivity contribution >= 4 is 58.6 Å². The molecule has 0 aliphatic rings. The fraction of sp³-hybridized carbons (Fsp3) is 0.455. The van der Waals surface area contributed by atoms with Crippen LogP contribution in [0.1, 0.15) is 11.1 Å². The number of benzene rings is 1. The summed E-state index contributed by atoms with van der Waals surface area (Å²) in [4.78, 5) is 0. The van der Waals surface area contributed by atoms with Crippen molar-refractivity contribution in [3.8, 4) is 0 Å². The molecule has 0 fully saturated rings. The van der Waals surface area contributed by atoms with E-state index in [1.54, 1.807) is 4.67 Å². The summed E-state index contributed by atoms with van der Waals surface area (Å²) in [6.07, 6.45) is -2.53. The summed E-state index contributed by atoms with van der Waals surface area (Å²) in [6.45, 7) is 4.04. The van der Waals surface area contributed by atoms with Gasteiger partial charge in [0.15, 0.2) is 0 Å². The van der Waals surface area contributed by atoms with Gasteiger partial charge in [0.1, 0.15) is 6.34 Å². The Labute approximate surface area is 129 Å². The van der Waals surface area contributed by atoms with Crippen molar-refractivity contribution in [3.63, 3.8) is 0 Å². The van der Waals surface area contributed by atoms with E-state index in [1.165, 1.54) is 5.56 Å². The van der Waals surface area contributed by atoms with Crippen LogP contribution in [0.25, 0.3) is 0 Å². The highest BCUT2D eigenvalue weighted by Crippen LogP contribution is 2.65. The van der Waals surface area contributed by atoms with Crippen LogP contribution >= 0.6 is 41.1 Å². The van der Waals surface area contributed by atoms with Crippen LogP contribution in [0.2, 0.25) is 0 Å². The van der Waals surface area contributed by atoms with Gasteiger partial charge in [-0.2, -0.15) is 0 Å². The van der Waals surface area contributed by atoms with Crippen molar-refractivity contribution in [2.75, 3.05) is 19.2 Å². The molecule has 0 unspecified atom stereocenters. The van der Waals surface area contributed by atoms with Crippen LogP contribution in [0.5, 0.6) is 0 Å². The van der Waals surface area contributed by atoms with Gasteiger partial charge in [-0.15, -0.1) is 0 Å². The summed E-state index contributed by atoms with van der Waals surface area (Å²) in [5.41, 5.74) is 3.18. The summed E-state index contributed by atoms with van der Waals surface area (Å²) in [6, 6.07) is 6.03. The lowest BCUT2D eigenvalue weighted by Gasteiger charge is -2.36. The Bertz CT molecular complexity index is 486. The van der Waals surface area contributed by atoms with Crippen LogP contribution in [0, 0.1) is 13.8 Å². The van der Waals surface area contributed by atoms with Crippen molar-refractivity contribution in [1.82, 2.24) is 4.67 Å². The summed E-state index contributed by atoms with van der Waals surface area (Å²) in [5.74, 6) is 0. The first kappa shape index (κ1) is 16.6. The minimum absolute atomic E-state index is 0.906. The van der Waals surface area contributed by atoms with Crippen LogP contribution in [0.15, 0.2) is 18.2 Å². The van der Waals surface area contributed by atoms with Gasteiger partial charge in [0.2, 0.25) is 3.53 Å². The molecule has 0 bridgehead atoms. The van der Waals surface area contributed by atoms with Crippen LogP contribution < -0.4 is 5.09 Å². The Morgan fingerprint density at radius 3 is 2.17 bits per heavy atom. The lowest BCUT2D eigenvalue weighted by atomic mass is 10.1. The molecule has 1 rings (SSSR count). The summed E-state index contributed by atoms with van der Waals surface area (Å²) in [7, 11) is 3.64. The molecule has 0 aliphatic carbocycles. The molecule has 0 aromatic heterocycles. The lowest BCUT2D eigenvalue weighted by Crippen LogP contribution is -2.24. The number of nitrogens with zero attached hydrogens (tertiary/aromatic N) is 1. The van der Waals surface area contributed by atoms with Gasteiger partial charge in [-0.1, -0.05) is 64.3 Å². The van der Waals surface area contributed by atoms with Crippen molar-refractivity contribution in [2.45, 2.75) is 17.4 Å². The minimum Gasteiger partial charge on any atom is -0.343 e. The Morgan fingerprint density at radius 1 is 1.22 bits per heavy atom. The van der Waals surface area contributed by atoms with Gasteiger partial charge in [0.25, 0.3) is 0 Å². The molecule has 1 aromatic rings. The molecule has 0 spiro atoms. The van der Waals surface area contributed by atoms with Crippen molar-refractivity contribution < 1.29 is 0 Å². The van der Waals surface area contributed by atoms with Crippen molar-refractivity contribution in [3.05, 3.63) is 29.3 Å². The Hall–Kier alpha value is 0.500. The van der Waals surface area contributed by atoms with E-state index in [-0.39, 0.29) is 0 Å². The van der Waals surface area contributed by atoms with E-state index in [0.29, 0.717) is 0 Å². The predicted molar refractivity (Wildman–Crippen MR) is 87.8 cm³/mol. The zero-order valence-electron chi connectivity index (χ0n) is 10.7. The van der Waals surface area contributed by atoms with E-state index < -0.39 is 9.87 Å². The Morgan fingerprint density at radius 2 is 1.78 bits per heavy atom. The van der Waals surface area contributed by atoms with Crippen LogP contribution in [0.4, 0.5) is 5.69 Å². The molecule has 0 aliphatic heterocycles.